The van der Waals surface area contributed by atoms with E-state index in [-0.39, 0.29) is 0 Å². The third-order valence-corrected chi connectivity index (χ3v) is 3.53. The lowest BCUT2D eigenvalue weighted by molar-refractivity contribution is 1.17. The van der Waals surface area contributed by atoms with Gasteiger partial charge >= 0.3 is 0 Å². The maximum absolute atomic E-state index is 5.22. The van der Waals surface area contributed by atoms with Gasteiger partial charge in [0.2, 0.25) is 0 Å². The minimum atomic E-state index is 0.539. The second-order valence-electron chi connectivity index (χ2n) is 3.54. The molecule has 114 valence electrons. The molecule has 0 unspecified atom stereocenters. The molecule has 0 spiro atoms. The number of hydrogen-bond donors (Lipinski definition) is 3. The van der Waals surface area contributed by atoms with Crippen LogP contribution in [0.3, 0.4) is 0 Å². The molecule has 3 heterocycles. The second-order valence-corrected chi connectivity index (χ2v) is 5.89. The fourth-order valence-electron chi connectivity index (χ4n) is 0.939. The maximum Gasteiger partial charge on any atom is 0.199 e. The minimum Gasteiger partial charge on any atom is -0.374 e. The van der Waals surface area contributed by atoms with Gasteiger partial charge in [0.25, 0.3) is 0 Å². The monoisotopic (exact) mass is 345 g/mol. The van der Waals surface area contributed by atoms with Crippen molar-refractivity contribution in [2.45, 2.75) is 20.8 Å². The molecule has 0 bridgehead atoms. The molecule has 3 aromatic heterocycles. The molecule has 0 radical (unpaired) electrons. The van der Waals surface area contributed by atoms with Crippen LogP contribution in [-0.2, 0) is 0 Å². The predicted octanol–water partition coefficient (Wildman–Crippen LogP) is 1.29. The zero-order valence-corrected chi connectivity index (χ0v) is 14.1. The number of hydrogen-bond acceptors (Lipinski definition) is 12. The highest BCUT2D eigenvalue weighted by Crippen LogP contribution is 2.03. The Bertz CT molecular complexity index is 518. The summed E-state index contributed by atoms with van der Waals surface area (Å²) in [5.74, 6) is 2.26. The third kappa shape index (κ3) is 7.43. The Kier molecular flexibility index (Phi) is 6.84. The largest absolute Gasteiger partial charge is 0.374 e. The van der Waals surface area contributed by atoms with Gasteiger partial charge in [-0.3, -0.25) is 0 Å². The molecule has 0 aliphatic carbocycles. The summed E-state index contributed by atoms with van der Waals surface area (Å²) in [6.07, 6.45) is 0. The fraction of sp³-hybridized carbons (Fsp3) is 0.333. The summed E-state index contributed by atoms with van der Waals surface area (Å²) in [7, 11) is 0. The Labute approximate surface area is 133 Å². The molecule has 0 aliphatic rings. The van der Waals surface area contributed by atoms with E-state index in [0.717, 1.165) is 17.5 Å². The number of aromatic nitrogens is 6. The van der Waals surface area contributed by atoms with E-state index in [2.05, 4.69) is 28.1 Å². The highest BCUT2D eigenvalue weighted by atomic mass is 32.1. The number of nitrogens with zero attached hydrogens (tertiary/aromatic N) is 6. The zero-order valence-electron chi connectivity index (χ0n) is 11.6. The van der Waals surface area contributed by atoms with Gasteiger partial charge in [0.05, 0.1) is 0 Å². The predicted molar refractivity (Wildman–Crippen MR) is 87.2 cm³/mol. The molecule has 3 rings (SSSR count). The van der Waals surface area contributed by atoms with Crippen molar-refractivity contribution in [3.8, 4) is 0 Å². The molecular formula is C9H15N9S3. The lowest BCUT2D eigenvalue weighted by Crippen LogP contribution is -1.80. The first-order chi connectivity index (χ1) is 9.86. The second kappa shape index (κ2) is 8.39. The SMILES string of the molecule is Cc1nsc(N)n1.Cc1nsc(N)n1.Cc1nsc(N)n1. The Morgan fingerprint density at radius 1 is 0.571 bits per heavy atom. The highest BCUT2D eigenvalue weighted by Gasteiger charge is 1.90. The average Bonchev–Trinajstić information content (AvgIpc) is 3.06. The molecule has 0 aliphatic heterocycles. The number of aryl methyl sites for hydroxylation is 3. The van der Waals surface area contributed by atoms with Crippen LogP contribution in [0.4, 0.5) is 15.4 Å². The number of anilines is 3. The first-order valence-electron chi connectivity index (χ1n) is 5.54. The van der Waals surface area contributed by atoms with Crippen molar-refractivity contribution in [1.82, 2.24) is 28.1 Å². The molecule has 9 nitrogen and oxygen atoms in total. The van der Waals surface area contributed by atoms with E-state index in [4.69, 9.17) is 17.2 Å². The highest BCUT2D eigenvalue weighted by molar-refractivity contribution is 7.09. The summed E-state index contributed by atoms with van der Waals surface area (Å²) in [5, 5.41) is 1.62. The van der Waals surface area contributed by atoms with Crippen LogP contribution in [0.1, 0.15) is 17.5 Å². The van der Waals surface area contributed by atoms with Gasteiger partial charge in [0, 0.05) is 34.6 Å². The molecule has 0 fully saturated rings. The van der Waals surface area contributed by atoms with Crippen molar-refractivity contribution in [1.29, 1.82) is 0 Å². The Morgan fingerprint density at radius 2 is 0.810 bits per heavy atom. The van der Waals surface area contributed by atoms with Gasteiger partial charge < -0.3 is 17.2 Å². The third-order valence-electron chi connectivity index (χ3n) is 1.63. The van der Waals surface area contributed by atoms with Crippen LogP contribution in [0.5, 0.6) is 0 Å². The molecule has 0 saturated carbocycles. The first kappa shape index (κ1) is 17.1. The van der Waals surface area contributed by atoms with Gasteiger partial charge in [-0.25, -0.2) is 15.0 Å². The van der Waals surface area contributed by atoms with Gasteiger partial charge in [-0.15, -0.1) is 0 Å². The summed E-state index contributed by atoms with van der Waals surface area (Å²) < 4.78 is 11.5. The van der Waals surface area contributed by atoms with Gasteiger partial charge in [0.15, 0.2) is 15.4 Å². The van der Waals surface area contributed by atoms with E-state index in [1.165, 1.54) is 34.6 Å². The van der Waals surface area contributed by atoms with Crippen molar-refractivity contribution in [2.24, 2.45) is 0 Å². The molecule has 6 N–H and O–H groups in total. The Balaban J connectivity index is 0.000000157. The number of nitrogens with two attached hydrogens (primary N) is 3. The standard InChI is InChI=1S/3C3H5N3S/c3*1-2-5-3(4)7-6-2/h3*1H3,(H2,4,5,6). The lowest BCUT2D eigenvalue weighted by atomic mass is 10.8. The van der Waals surface area contributed by atoms with Gasteiger partial charge in [0.1, 0.15) is 17.5 Å². The Hall–Kier alpha value is -1.92. The van der Waals surface area contributed by atoms with Crippen molar-refractivity contribution >= 4 is 50.0 Å². The van der Waals surface area contributed by atoms with E-state index < -0.39 is 0 Å². The van der Waals surface area contributed by atoms with Crippen LogP contribution in [0, 0.1) is 20.8 Å². The van der Waals surface area contributed by atoms with Crippen molar-refractivity contribution in [2.75, 3.05) is 17.2 Å². The van der Waals surface area contributed by atoms with E-state index in [9.17, 15) is 0 Å². The summed E-state index contributed by atoms with van der Waals surface area (Å²) in [4.78, 5) is 11.4. The lowest BCUT2D eigenvalue weighted by Gasteiger charge is -1.69. The van der Waals surface area contributed by atoms with Crippen LogP contribution < -0.4 is 17.2 Å². The van der Waals surface area contributed by atoms with E-state index in [0.29, 0.717) is 15.4 Å². The molecule has 0 atom stereocenters. The zero-order chi connectivity index (χ0) is 15.8. The number of nitrogen functional groups attached to an aromatic ring is 3. The van der Waals surface area contributed by atoms with Crippen molar-refractivity contribution in [3.63, 3.8) is 0 Å². The normalized spacial score (nSPS) is 9.29. The fourth-order valence-corrected chi connectivity index (χ4v) is 2.26. The quantitative estimate of drug-likeness (QED) is 0.546. The summed E-state index contributed by atoms with van der Waals surface area (Å²) >= 11 is 3.66. The molecule has 0 amide bonds. The molecule has 3 aromatic rings. The molecule has 21 heavy (non-hydrogen) atoms. The van der Waals surface area contributed by atoms with Crippen LogP contribution in [0.25, 0.3) is 0 Å². The van der Waals surface area contributed by atoms with Crippen molar-refractivity contribution < 1.29 is 0 Å². The molecule has 12 heteroatoms. The molecular weight excluding hydrogens is 330 g/mol. The van der Waals surface area contributed by atoms with Crippen molar-refractivity contribution in [3.05, 3.63) is 17.5 Å². The van der Waals surface area contributed by atoms with Crippen LogP contribution >= 0.6 is 34.6 Å². The summed E-state index contributed by atoms with van der Waals surface area (Å²) in [6, 6.07) is 0. The minimum absolute atomic E-state index is 0.539. The smallest absolute Gasteiger partial charge is 0.199 e. The summed E-state index contributed by atoms with van der Waals surface area (Å²) in [6.45, 7) is 5.44. The maximum atomic E-state index is 5.22. The van der Waals surface area contributed by atoms with E-state index in [1.807, 2.05) is 20.8 Å². The van der Waals surface area contributed by atoms with Crippen LogP contribution in [-0.4, -0.2) is 28.1 Å². The first-order valence-corrected chi connectivity index (χ1v) is 7.86. The van der Waals surface area contributed by atoms with Crippen LogP contribution in [0.2, 0.25) is 0 Å². The molecule has 0 aromatic carbocycles. The van der Waals surface area contributed by atoms with E-state index in [1.54, 1.807) is 0 Å². The van der Waals surface area contributed by atoms with Gasteiger partial charge in [-0.2, -0.15) is 13.1 Å². The van der Waals surface area contributed by atoms with Crippen LogP contribution in [0.15, 0.2) is 0 Å². The van der Waals surface area contributed by atoms with Gasteiger partial charge in [-0.05, 0) is 20.8 Å². The average molecular weight is 345 g/mol. The molecule has 0 saturated heterocycles. The topological polar surface area (TPSA) is 155 Å². The van der Waals surface area contributed by atoms with Gasteiger partial charge in [-0.1, -0.05) is 0 Å². The number of rotatable bonds is 0. The summed E-state index contributed by atoms with van der Waals surface area (Å²) in [5.41, 5.74) is 15.7. The van der Waals surface area contributed by atoms with E-state index >= 15 is 0 Å². The Morgan fingerprint density at radius 3 is 0.857 bits per heavy atom.